The second-order valence-electron chi connectivity index (χ2n) is 3.50. The maximum absolute atomic E-state index is 5.40. The molecule has 9 heavy (non-hydrogen) atoms. The largest absolute Gasteiger partial charge is 0.425 e. The zero-order valence-corrected chi connectivity index (χ0v) is 9.19. The molecule has 0 aromatic carbocycles. The van der Waals surface area contributed by atoms with E-state index < -0.39 is 0 Å². The Labute approximate surface area is 61.3 Å². The van der Waals surface area contributed by atoms with E-state index in [2.05, 4.69) is 27.7 Å². The van der Waals surface area contributed by atoms with Gasteiger partial charge in [-0.05, 0) is 11.8 Å². The highest BCUT2D eigenvalue weighted by Crippen LogP contribution is 2.23. The molecule has 0 aliphatic carbocycles. The van der Waals surface area contributed by atoms with Crippen LogP contribution in [-0.4, -0.2) is 16.6 Å². The molecule has 1 atom stereocenters. The van der Waals surface area contributed by atoms with Crippen LogP contribution in [-0.2, 0) is 4.43 Å². The quantitative estimate of drug-likeness (QED) is 0.530. The van der Waals surface area contributed by atoms with Gasteiger partial charge in [0.1, 0.15) is 10.5 Å². The Hall–Kier alpha value is 0.177. The lowest BCUT2D eigenvalue weighted by atomic mass is 9.88. The molecule has 56 valence electrons. The van der Waals surface area contributed by atoms with Crippen molar-refractivity contribution in [3.63, 3.8) is 0 Å². The summed E-state index contributed by atoms with van der Waals surface area (Å²) in [5, 5.41) is 0. The first-order valence-electron chi connectivity index (χ1n) is 3.55. The molecule has 1 nitrogen and oxygen atoms in total. The van der Waals surface area contributed by atoms with Crippen molar-refractivity contribution in [1.82, 2.24) is 0 Å². The van der Waals surface area contributed by atoms with Crippen molar-refractivity contribution in [3.8, 4) is 0 Å². The molecule has 1 unspecified atom stereocenters. The minimum absolute atomic E-state index is 0.330. The van der Waals surface area contributed by atoms with Gasteiger partial charge in [0.2, 0.25) is 0 Å². The van der Waals surface area contributed by atoms with E-state index in [1.165, 1.54) is 0 Å². The minimum Gasteiger partial charge on any atom is -0.425 e. The van der Waals surface area contributed by atoms with Crippen LogP contribution in [0.25, 0.3) is 0 Å². The van der Waals surface area contributed by atoms with Gasteiger partial charge in [0.05, 0.1) is 0 Å². The predicted molar refractivity (Wildman–Crippen MR) is 44.6 cm³/mol. The van der Waals surface area contributed by atoms with Gasteiger partial charge in [-0.3, -0.25) is 0 Å². The lowest BCUT2D eigenvalue weighted by molar-refractivity contribution is 0.0933. The number of rotatable bonds is 2. The van der Waals surface area contributed by atoms with Crippen molar-refractivity contribution in [1.29, 1.82) is 0 Å². The average Bonchev–Trinajstić information content (AvgIpc) is 1.65. The lowest BCUT2D eigenvalue weighted by Gasteiger charge is -2.28. The Morgan fingerprint density at radius 2 is 1.89 bits per heavy atom. The van der Waals surface area contributed by atoms with Crippen molar-refractivity contribution >= 4 is 10.5 Å². The first kappa shape index (κ1) is 9.18. The molecule has 0 aliphatic heterocycles. The third-order valence-electron chi connectivity index (χ3n) is 1.62. The van der Waals surface area contributed by atoms with Crippen molar-refractivity contribution in [2.75, 3.05) is 0 Å². The molecule has 0 aromatic rings. The maximum Gasteiger partial charge on any atom is 0.146 e. The fourth-order valence-corrected chi connectivity index (χ4v) is 2.17. The summed E-state index contributed by atoms with van der Waals surface area (Å²) in [6.07, 6.45) is 1.59. The molecule has 0 radical (unpaired) electrons. The first-order valence-corrected chi connectivity index (χ1v) is 4.36. The Morgan fingerprint density at radius 1 is 1.44 bits per heavy atom. The highest BCUT2D eigenvalue weighted by Gasteiger charge is 2.21. The van der Waals surface area contributed by atoms with Crippen molar-refractivity contribution in [2.45, 2.75) is 40.2 Å². The third kappa shape index (κ3) is 3.01. The molecule has 0 rings (SSSR count). The van der Waals surface area contributed by atoms with Crippen LogP contribution in [0, 0.1) is 5.41 Å². The van der Waals surface area contributed by atoms with E-state index in [0.29, 0.717) is 11.5 Å². The molecule has 0 N–H and O–H groups in total. The second-order valence-corrected chi connectivity index (χ2v) is 3.97. The zero-order chi connectivity index (χ0) is 7.49. The van der Waals surface area contributed by atoms with E-state index in [1.54, 1.807) is 0 Å². The monoisotopic (exact) mass is 146 g/mol. The summed E-state index contributed by atoms with van der Waals surface area (Å²) in [6.45, 7) is 8.84. The van der Waals surface area contributed by atoms with E-state index in [-0.39, 0.29) is 0 Å². The van der Waals surface area contributed by atoms with E-state index in [0.717, 1.165) is 16.9 Å². The second kappa shape index (κ2) is 3.37. The first-order chi connectivity index (χ1) is 4.02. The molecular formula is C7H18OSi. The fourth-order valence-electron chi connectivity index (χ4n) is 1.13. The smallest absolute Gasteiger partial charge is 0.146 e. The molecule has 0 amide bonds. The van der Waals surface area contributed by atoms with Gasteiger partial charge in [-0.2, -0.15) is 0 Å². The molecule has 0 bridgehead atoms. The molecule has 0 heterocycles. The molecule has 0 saturated carbocycles. The van der Waals surface area contributed by atoms with Gasteiger partial charge in [-0.25, -0.2) is 0 Å². The topological polar surface area (TPSA) is 9.23 Å². The van der Waals surface area contributed by atoms with Crippen LogP contribution in [0.1, 0.15) is 34.1 Å². The number of hydrogen-bond donors (Lipinski definition) is 0. The number of hydrogen-bond acceptors (Lipinski definition) is 1. The van der Waals surface area contributed by atoms with E-state index in [1.807, 2.05) is 0 Å². The van der Waals surface area contributed by atoms with Gasteiger partial charge >= 0.3 is 0 Å². The normalized spacial score (nSPS) is 16.0. The SMILES string of the molecule is CCC(O[SiH3])C(C)(C)C. The van der Waals surface area contributed by atoms with Crippen LogP contribution in [0.3, 0.4) is 0 Å². The van der Waals surface area contributed by atoms with Gasteiger partial charge in [-0.1, -0.05) is 27.7 Å². The van der Waals surface area contributed by atoms with Gasteiger partial charge in [0.15, 0.2) is 0 Å². The van der Waals surface area contributed by atoms with E-state index in [9.17, 15) is 0 Å². The molecule has 0 saturated heterocycles. The minimum atomic E-state index is 0.330. The summed E-state index contributed by atoms with van der Waals surface area (Å²) in [5.41, 5.74) is 0.330. The van der Waals surface area contributed by atoms with Crippen LogP contribution >= 0.6 is 0 Å². The lowest BCUT2D eigenvalue weighted by Crippen LogP contribution is -2.27. The summed E-state index contributed by atoms with van der Waals surface area (Å²) in [7, 11) is 0.863. The van der Waals surface area contributed by atoms with Crippen LogP contribution in [0.2, 0.25) is 0 Å². The summed E-state index contributed by atoms with van der Waals surface area (Å²) in [5.74, 6) is 0. The zero-order valence-electron chi connectivity index (χ0n) is 7.19. The standard InChI is InChI=1S/C7H18OSi/c1-5-6(8-9)7(2,3)4/h6H,5H2,1-4,9H3. The molecule has 0 spiro atoms. The van der Waals surface area contributed by atoms with Crippen LogP contribution in [0.5, 0.6) is 0 Å². The Morgan fingerprint density at radius 3 is 1.89 bits per heavy atom. The Kier molecular flexibility index (Phi) is 3.44. The molecule has 0 fully saturated rings. The highest BCUT2D eigenvalue weighted by atomic mass is 28.2. The fraction of sp³-hybridized carbons (Fsp3) is 1.00. The summed E-state index contributed by atoms with van der Waals surface area (Å²) in [4.78, 5) is 0. The van der Waals surface area contributed by atoms with Crippen LogP contribution in [0.4, 0.5) is 0 Å². The molecule has 0 aromatic heterocycles. The van der Waals surface area contributed by atoms with E-state index >= 15 is 0 Å². The summed E-state index contributed by atoms with van der Waals surface area (Å²) >= 11 is 0. The third-order valence-corrected chi connectivity index (χ3v) is 2.19. The van der Waals surface area contributed by atoms with E-state index in [4.69, 9.17) is 4.43 Å². The summed E-state index contributed by atoms with van der Waals surface area (Å²) < 4.78 is 5.40. The predicted octanol–water partition coefficient (Wildman–Crippen LogP) is 1.11. The van der Waals surface area contributed by atoms with Gasteiger partial charge in [0, 0.05) is 6.10 Å². The van der Waals surface area contributed by atoms with Crippen LogP contribution in [0.15, 0.2) is 0 Å². The maximum atomic E-state index is 5.40. The van der Waals surface area contributed by atoms with Crippen molar-refractivity contribution < 1.29 is 4.43 Å². The van der Waals surface area contributed by atoms with Crippen LogP contribution < -0.4 is 0 Å². The summed E-state index contributed by atoms with van der Waals surface area (Å²) in [6, 6.07) is 0. The molecular weight excluding hydrogens is 128 g/mol. The average molecular weight is 146 g/mol. The molecule has 0 aliphatic rings. The van der Waals surface area contributed by atoms with Crippen molar-refractivity contribution in [2.24, 2.45) is 5.41 Å². The van der Waals surface area contributed by atoms with Gasteiger partial charge in [0.25, 0.3) is 0 Å². The van der Waals surface area contributed by atoms with Crippen molar-refractivity contribution in [3.05, 3.63) is 0 Å². The van der Waals surface area contributed by atoms with Gasteiger partial charge < -0.3 is 4.43 Å². The molecule has 2 heteroatoms. The Bertz CT molecular complexity index is 71.5. The highest BCUT2D eigenvalue weighted by molar-refractivity contribution is 5.98. The van der Waals surface area contributed by atoms with Gasteiger partial charge in [-0.15, -0.1) is 0 Å². The Balaban J connectivity index is 3.79.